The summed E-state index contributed by atoms with van der Waals surface area (Å²) in [6.45, 7) is 7.33. The van der Waals surface area contributed by atoms with E-state index in [9.17, 15) is 4.39 Å². The molecule has 1 fully saturated rings. The Labute approximate surface area is 139 Å². The van der Waals surface area contributed by atoms with E-state index in [1.807, 2.05) is 0 Å². The SMILES string of the molecule is CCCCN(C)CC1CCN(Cc2c(F)cccc2Cl)CC1. The lowest BCUT2D eigenvalue weighted by molar-refractivity contribution is 0.147. The predicted molar refractivity (Wildman–Crippen MR) is 91.8 cm³/mol. The van der Waals surface area contributed by atoms with Crippen LogP contribution in [-0.4, -0.2) is 43.0 Å². The van der Waals surface area contributed by atoms with Crippen LogP contribution < -0.4 is 0 Å². The van der Waals surface area contributed by atoms with Crippen LogP contribution in [0.1, 0.15) is 38.2 Å². The van der Waals surface area contributed by atoms with E-state index in [-0.39, 0.29) is 5.82 Å². The van der Waals surface area contributed by atoms with Gasteiger partial charge in [0.15, 0.2) is 0 Å². The zero-order valence-electron chi connectivity index (χ0n) is 13.8. The molecule has 4 heteroatoms. The molecule has 0 atom stereocenters. The van der Waals surface area contributed by atoms with Crippen LogP contribution >= 0.6 is 11.6 Å². The van der Waals surface area contributed by atoms with E-state index in [0.29, 0.717) is 17.1 Å². The van der Waals surface area contributed by atoms with Crippen LogP contribution in [0.15, 0.2) is 18.2 Å². The monoisotopic (exact) mass is 326 g/mol. The summed E-state index contributed by atoms with van der Waals surface area (Å²) in [5.41, 5.74) is 0.641. The van der Waals surface area contributed by atoms with Crippen LogP contribution in [0, 0.1) is 11.7 Å². The normalized spacial score (nSPS) is 17.3. The van der Waals surface area contributed by atoms with Crippen LogP contribution in [0.2, 0.25) is 5.02 Å². The molecule has 2 rings (SSSR count). The number of hydrogen-bond acceptors (Lipinski definition) is 2. The molecule has 1 saturated heterocycles. The minimum atomic E-state index is -0.186. The van der Waals surface area contributed by atoms with Gasteiger partial charge in [0.2, 0.25) is 0 Å². The summed E-state index contributed by atoms with van der Waals surface area (Å²) in [5, 5.41) is 0.543. The Morgan fingerprint density at radius 2 is 2.05 bits per heavy atom. The van der Waals surface area contributed by atoms with Crippen LogP contribution in [0.5, 0.6) is 0 Å². The summed E-state index contributed by atoms with van der Waals surface area (Å²) < 4.78 is 13.9. The van der Waals surface area contributed by atoms with Crippen molar-refractivity contribution in [1.82, 2.24) is 9.80 Å². The second-order valence-electron chi connectivity index (χ2n) is 6.54. The number of piperidine rings is 1. The maximum Gasteiger partial charge on any atom is 0.129 e. The molecule has 22 heavy (non-hydrogen) atoms. The first-order valence-electron chi connectivity index (χ1n) is 8.44. The first-order chi connectivity index (χ1) is 10.6. The highest BCUT2D eigenvalue weighted by Crippen LogP contribution is 2.24. The van der Waals surface area contributed by atoms with Crippen molar-refractivity contribution in [2.45, 2.75) is 39.2 Å². The number of hydrogen-bond donors (Lipinski definition) is 0. The Balaban J connectivity index is 1.78. The van der Waals surface area contributed by atoms with Gasteiger partial charge in [-0.25, -0.2) is 4.39 Å². The molecule has 1 aromatic rings. The molecule has 1 heterocycles. The molecule has 0 bridgehead atoms. The molecule has 2 nitrogen and oxygen atoms in total. The molecule has 0 unspecified atom stereocenters. The second-order valence-corrected chi connectivity index (χ2v) is 6.94. The summed E-state index contributed by atoms with van der Waals surface area (Å²) in [4.78, 5) is 4.78. The number of halogens is 2. The highest BCUT2D eigenvalue weighted by atomic mass is 35.5. The van der Waals surface area contributed by atoms with Crippen molar-refractivity contribution >= 4 is 11.6 Å². The Kier molecular flexibility index (Phi) is 7.13. The molecular weight excluding hydrogens is 299 g/mol. The van der Waals surface area contributed by atoms with E-state index in [0.717, 1.165) is 19.0 Å². The minimum absolute atomic E-state index is 0.186. The van der Waals surface area contributed by atoms with Crippen molar-refractivity contribution in [2.75, 3.05) is 33.2 Å². The van der Waals surface area contributed by atoms with Gasteiger partial charge in [0.1, 0.15) is 5.82 Å². The Morgan fingerprint density at radius 3 is 2.68 bits per heavy atom. The number of unbranched alkanes of at least 4 members (excludes halogenated alkanes) is 1. The van der Waals surface area contributed by atoms with Crippen molar-refractivity contribution in [3.63, 3.8) is 0 Å². The molecule has 0 amide bonds. The summed E-state index contributed by atoms with van der Waals surface area (Å²) in [6.07, 6.45) is 4.93. The highest BCUT2D eigenvalue weighted by Gasteiger charge is 2.21. The quantitative estimate of drug-likeness (QED) is 0.731. The summed E-state index contributed by atoms with van der Waals surface area (Å²) in [7, 11) is 2.22. The van der Waals surface area contributed by atoms with E-state index < -0.39 is 0 Å². The summed E-state index contributed by atoms with van der Waals surface area (Å²) >= 11 is 6.12. The molecular formula is C18H28ClFN2. The molecule has 124 valence electrons. The zero-order valence-corrected chi connectivity index (χ0v) is 14.6. The van der Waals surface area contributed by atoms with Gasteiger partial charge >= 0.3 is 0 Å². The average Bonchev–Trinajstić information content (AvgIpc) is 2.51. The van der Waals surface area contributed by atoms with Gasteiger partial charge in [-0.05, 0) is 64.0 Å². The van der Waals surface area contributed by atoms with E-state index in [1.165, 1.54) is 44.8 Å². The molecule has 0 aliphatic carbocycles. The van der Waals surface area contributed by atoms with Crippen molar-refractivity contribution in [2.24, 2.45) is 5.92 Å². The third-order valence-corrected chi connectivity index (χ3v) is 4.97. The third kappa shape index (κ3) is 5.22. The number of likely N-dealkylation sites (tertiary alicyclic amines) is 1. The summed E-state index contributed by atoms with van der Waals surface area (Å²) in [5.74, 6) is 0.586. The van der Waals surface area contributed by atoms with Crippen LogP contribution in [0.25, 0.3) is 0 Å². The maximum atomic E-state index is 13.9. The lowest BCUT2D eigenvalue weighted by atomic mass is 9.96. The van der Waals surface area contributed by atoms with Crippen molar-refractivity contribution in [3.8, 4) is 0 Å². The molecule has 0 saturated carbocycles. The Morgan fingerprint density at radius 1 is 1.32 bits per heavy atom. The highest BCUT2D eigenvalue weighted by molar-refractivity contribution is 6.31. The maximum absolute atomic E-state index is 13.9. The predicted octanol–water partition coefficient (Wildman–Crippen LogP) is 4.42. The second kappa shape index (κ2) is 8.85. The molecule has 1 aliphatic heterocycles. The molecule has 1 aliphatic rings. The van der Waals surface area contributed by atoms with Crippen LogP contribution in [0.4, 0.5) is 4.39 Å². The van der Waals surface area contributed by atoms with E-state index in [2.05, 4.69) is 23.8 Å². The zero-order chi connectivity index (χ0) is 15.9. The Bertz CT molecular complexity index is 438. The van der Waals surface area contributed by atoms with E-state index in [1.54, 1.807) is 12.1 Å². The fraction of sp³-hybridized carbons (Fsp3) is 0.667. The van der Waals surface area contributed by atoms with Crippen molar-refractivity contribution < 1.29 is 4.39 Å². The Hall–Kier alpha value is -0.640. The standard InChI is InChI=1S/C18H28ClFN2/c1-3-4-10-21(2)13-15-8-11-22(12-9-15)14-16-17(19)6-5-7-18(16)20/h5-7,15H,3-4,8-14H2,1-2H3. The van der Waals surface area contributed by atoms with Crippen molar-refractivity contribution in [1.29, 1.82) is 0 Å². The number of benzene rings is 1. The number of nitrogens with zero attached hydrogens (tertiary/aromatic N) is 2. The van der Waals surface area contributed by atoms with Crippen LogP contribution in [0.3, 0.4) is 0 Å². The molecule has 1 aromatic carbocycles. The fourth-order valence-corrected chi connectivity index (χ4v) is 3.42. The van der Waals surface area contributed by atoms with Gasteiger partial charge in [-0.15, -0.1) is 0 Å². The third-order valence-electron chi connectivity index (χ3n) is 4.61. The van der Waals surface area contributed by atoms with E-state index >= 15 is 0 Å². The van der Waals surface area contributed by atoms with Gasteiger partial charge in [0.25, 0.3) is 0 Å². The lowest BCUT2D eigenvalue weighted by Crippen LogP contribution is -2.37. The topological polar surface area (TPSA) is 6.48 Å². The fourth-order valence-electron chi connectivity index (χ4n) is 3.19. The van der Waals surface area contributed by atoms with Gasteiger partial charge < -0.3 is 4.90 Å². The van der Waals surface area contributed by atoms with Gasteiger partial charge in [-0.1, -0.05) is 31.0 Å². The largest absolute Gasteiger partial charge is 0.306 e. The molecule has 0 aromatic heterocycles. The summed E-state index contributed by atoms with van der Waals surface area (Å²) in [6, 6.07) is 4.94. The minimum Gasteiger partial charge on any atom is -0.306 e. The number of rotatable bonds is 7. The van der Waals surface area contributed by atoms with Gasteiger partial charge in [-0.3, -0.25) is 4.90 Å². The first kappa shape index (κ1) is 17.7. The lowest BCUT2D eigenvalue weighted by Gasteiger charge is -2.34. The smallest absolute Gasteiger partial charge is 0.129 e. The first-order valence-corrected chi connectivity index (χ1v) is 8.81. The van der Waals surface area contributed by atoms with Crippen molar-refractivity contribution in [3.05, 3.63) is 34.6 Å². The molecule has 0 N–H and O–H groups in total. The van der Waals surface area contributed by atoms with E-state index in [4.69, 9.17) is 11.6 Å². The molecule has 0 radical (unpaired) electrons. The van der Waals surface area contributed by atoms with Gasteiger partial charge in [0, 0.05) is 23.7 Å². The van der Waals surface area contributed by atoms with Crippen LogP contribution in [-0.2, 0) is 6.54 Å². The molecule has 0 spiro atoms. The van der Waals surface area contributed by atoms with Gasteiger partial charge in [0.05, 0.1) is 0 Å². The average molecular weight is 327 g/mol. The van der Waals surface area contributed by atoms with Gasteiger partial charge in [-0.2, -0.15) is 0 Å².